The summed E-state index contributed by atoms with van der Waals surface area (Å²) >= 11 is 0. The van der Waals surface area contributed by atoms with E-state index in [2.05, 4.69) is 24.9 Å². The van der Waals surface area contributed by atoms with Crippen LogP contribution in [0.1, 0.15) is 34.7 Å². The lowest BCUT2D eigenvalue weighted by atomic mass is 9.95. The lowest BCUT2D eigenvalue weighted by molar-refractivity contribution is 0.0599. The number of allylic oxidation sites excluding steroid dienone is 5. The third-order valence-corrected chi connectivity index (χ3v) is 5.01. The van der Waals surface area contributed by atoms with E-state index >= 15 is 0 Å². The predicted octanol–water partition coefficient (Wildman–Crippen LogP) is 1.94. The summed E-state index contributed by atoms with van der Waals surface area (Å²) in [5, 5.41) is 10.6. The van der Waals surface area contributed by atoms with Crippen LogP contribution < -0.4 is 5.43 Å². The number of aromatic nitrogens is 4. The number of ether oxygens (including phenoxy) is 1. The first-order chi connectivity index (χ1) is 15.0. The molecule has 31 heavy (non-hydrogen) atoms. The van der Waals surface area contributed by atoms with Crippen molar-refractivity contribution in [2.24, 2.45) is 5.10 Å². The molecule has 1 aliphatic carbocycles. The van der Waals surface area contributed by atoms with Crippen LogP contribution in [0.3, 0.4) is 0 Å². The number of rotatable bonds is 5. The molecule has 0 atom stereocenters. The topological polar surface area (TPSA) is 103 Å². The summed E-state index contributed by atoms with van der Waals surface area (Å²) in [7, 11) is 3.21. The highest BCUT2D eigenvalue weighted by molar-refractivity contribution is 6.02. The molecule has 0 unspecified atom stereocenters. The maximum Gasteiger partial charge on any atom is 0.341 e. The van der Waals surface area contributed by atoms with Crippen molar-refractivity contribution in [2.45, 2.75) is 19.3 Å². The van der Waals surface area contributed by atoms with Crippen LogP contribution in [-0.4, -0.2) is 57.6 Å². The van der Waals surface area contributed by atoms with Crippen molar-refractivity contribution in [3.63, 3.8) is 0 Å². The minimum absolute atomic E-state index is 0.0996. The minimum Gasteiger partial charge on any atom is -0.465 e. The second-order valence-corrected chi connectivity index (χ2v) is 7.25. The number of hydrogen-bond acceptors (Lipinski definition) is 8. The van der Waals surface area contributed by atoms with E-state index in [1.165, 1.54) is 25.6 Å². The Hall–Kier alpha value is -3.88. The molecule has 0 amide bonds. The summed E-state index contributed by atoms with van der Waals surface area (Å²) in [6.45, 7) is 0.684. The van der Waals surface area contributed by atoms with E-state index in [-0.39, 0.29) is 5.43 Å². The molecule has 0 saturated heterocycles. The first kappa shape index (κ1) is 20.4. The summed E-state index contributed by atoms with van der Waals surface area (Å²) in [5.41, 5.74) is 3.44. The van der Waals surface area contributed by atoms with Gasteiger partial charge in [0.2, 0.25) is 5.43 Å². The Labute approximate surface area is 179 Å². The number of hydrogen-bond donors (Lipinski definition) is 0. The number of hydrazone groups is 1. The molecule has 0 saturated carbocycles. The van der Waals surface area contributed by atoms with Crippen molar-refractivity contribution in [2.75, 3.05) is 20.7 Å². The summed E-state index contributed by atoms with van der Waals surface area (Å²) in [4.78, 5) is 32.5. The zero-order chi connectivity index (χ0) is 21.8. The fourth-order valence-corrected chi connectivity index (χ4v) is 3.32. The average molecular weight is 418 g/mol. The SMILES string of the molecule is COC(=O)c1cnc(C2=CCCC(Cc3nn(C4=CCN(C)N=C4)ccc3=O)=C2)nc1. The molecule has 2 aromatic rings. The van der Waals surface area contributed by atoms with Crippen LogP contribution in [0.15, 0.2) is 58.4 Å². The van der Waals surface area contributed by atoms with E-state index in [1.54, 1.807) is 17.1 Å². The van der Waals surface area contributed by atoms with E-state index in [1.807, 2.05) is 30.3 Å². The van der Waals surface area contributed by atoms with Crippen molar-refractivity contribution in [3.05, 3.63) is 75.8 Å². The average Bonchev–Trinajstić information content (AvgIpc) is 2.81. The Kier molecular flexibility index (Phi) is 5.83. The van der Waals surface area contributed by atoms with Gasteiger partial charge in [-0.05, 0) is 18.9 Å². The van der Waals surface area contributed by atoms with Gasteiger partial charge in [0.05, 0.1) is 31.1 Å². The number of methoxy groups -OCH3 is 1. The van der Waals surface area contributed by atoms with Gasteiger partial charge in [-0.1, -0.05) is 17.7 Å². The number of likely N-dealkylation sites (N-methyl/N-ethyl adjacent to an activating group) is 1. The number of nitrogens with zero attached hydrogens (tertiary/aromatic N) is 6. The smallest absolute Gasteiger partial charge is 0.341 e. The molecule has 0 bridgehead atoms. The Bertz CT molecular complexity index is 1170. The van der Waals surface area contributed by atoms with Crippen LogP contribution in [0.25, 0.3) is 11.3 Å². The first-order valence-corrected chi connectivity index (χ1v) is 9.88. The highest BCUT2D eigenvalue weighted by Gasteiger charge is 2.15. The van der Waals surface area contributed by atoms with Crippen molar-refractivity contribution in [3.8, 4) is 0 Å². The number of esters is 1. The normalized spacial score (nSPS) is 15.8. The van der Waals surface area contributed by atoms with Gasteiger partial charge in [0.25, 0.3) is 0 Å². The molecule has 9 nitrogen and oxygen atoms in total. The standard InChI is InChI=1S/C22H22N6O3/c1-27-8-6-18(14-25-27)28-9-7-20(29)19(26-28)11-15-4-3-5-16(10-15)21-23-12-17(13-24-21)22(30)31-2/h5-7,9-10,12-14H,3-4,8,11H2,1-2H3. The second kappa shape index (κ2) is 8.86. The minimum atomic E-state index is -0.475. The molecule has 2 aliphatic rings. The molecule has 1 aliphatic heterocycles. The van der Waals surface area contributed by atoms with Crippen molar-refractivity contribution >= 4 is 23.5 Å². The quantitative estimate of drug-likeness (QED) is 0.684. The molecule has 0 spiro atoms. The summed E-state index contributed by atoms with van der Waals surface area (Å²) in [6.07, 6.45) is 14.4. The fourth-order valence-electron chi connectivity index (χ4n) is 3.32. The van der Waals surface area contributed by atoms with Crippen molar-refractivity contribution in [1.29, 1.82) is 0 Å². The first-order valence-electron chi connectivity index (χ1n) is 9.88. The van der Waals surface area contributed by atoms with Crippen LogP contribution in [0.2, 0.25) is 0 Å². The highest BCUT2D eigenvalue weighted by atomic mass is 16.5. The molecule has 0 radical (unpaired) electrons. The van der Waals surface area contributed by atoms with Gasteiger partial charge < -0.3 is 4.74 Å². The van der Waals surface area contributed by atoms with Gasteiger partial charge in [-0.25, -0.2) is 19.4 Å². The second-order valence-electron chi connectivity index (χ2n) is 7.25. The van der Waals surface area contributed by atoms with Crippen LogP contribution >= 0.6 is 0 Å². The van der Waals surface area contributed by atoms with Gasteiger partial charge in [0, 0.05) is 43.7 Å². The zero-order valence-electron chi connectivity index (χ0n) is 17.4. The van der Waals surface area contributed by atoms with Crippen LogP contribution in [-0.2, 0) is 11.2 Å². The fraction of sp³-hybridized carbons (Fsp3) is 0.273. The molecule has 158 valence electrons. The van der Waals surface area contributed by atoms with Gasteiger partial charge in [0.1, 0.15) is 5.69 Å². The lowest BCUT2D eigenvalue weighted by Crippen LogP contribution is -2.21. The molecule has 2 aromatic heterocycles. The predicted molar refractivity (Wildman–Crippen MR) is 116 cm³/mol. The Balaban J connectivity index is 1.54. The van der Waals surface area contributed by atoms with E-state index in [9.17, 15) is 9.59 Å². The molecule has 0 aromatic carbocycles. The maximum absolute atomic E-state index is 12.4. The molecular weight excluding hydrogens is 396 g/mol. The number of carbonyl (C=O) groups is 1. The Morgan fingerprint density at radius 3 is 2.74 bits per heavy atom. The van der Waals surface area contributed by atoms with Crippen molar-refractivity contribution in [1.82, 2.24) is 24.8 Å². The Morgan fingerprint density at radius 1 is 1.23 bits per heavy atom. The zero-order valence-corrected chi connectivity index (χ0v) is 17.4. The molecule has 9 heteroatoms. The largest absolute Gasteiger partial charge is 0.465 e. The molecule has 0 N–H and O–H groups in total. The van der Waals surface area contributed by atoms with Crippen LogP contribution in [0.4, 0.5) is 0 Å². The van der Waals surface area contributed by atoms with Gasteiger partial charge in [0.15, 0.2) is 5.82 Å². The van der Waals surface area contributed by atoms with E-state index in [0.717, 1.165) is 29.7 Å². The van der Waals surface area contributed by atoms with Gasteiger partial charge >= 0.3 is 5.97 Å². The third kappa shape index (κ3) is 4.66. The monoisotopic (exact) mass is 418 g/mol. The third-order valence-electron chi connectivity index (χ3n) is 5.01. The number of carbonyl (C=O) groups excluding carboxylic acids is 1. The van der Waals surface area contributed by atoms with Gasteiger partial charge in [-0.2, -0.15) is 10.2 Å². The lowest BCUT2D eigenvalue weighted by Gasteiger charge is -2.17. The summed E-state index contributed by atoms with van der Waals surface area (Å²) in [5.74, 6) is 0.0487. The van der Waals surface area contributed by atoms with Crippen LogP contribution in [0, 0.1) is 0 Å². The highest BCUT2D eigenvalue weighted by Crippen LogP contribution is 2.24. The van der Waals surface area contributed by atoms with Crippen molar-refractivity contribution < 1.29 is 9.53 Å². The molecule has 4 rings (SSSR count). The molecule has 0 fully saturated rings. The molecular formula is C22H22N6O3. The molecule has 3 heterocycles. The van der Waals surface area contributed by atoms with E-state index in [0.29, 0.717) is 30.0 Å². The van der Waals surface area contributed by atoms with Gasteiger partial charge in [-0.15, -0.1) is 0 Å². The van der Waals surface area contributed by atoms with Crippen LogP contribution in [0.5, 0.6) is 0 Å². The van der Waals surface area contributed by atoms with Gasteiger partial charge in [-0.3, -0.25) is 9.80 Å². The summed E-state index contributed by atoms with van der Waals surface area (Å²) < 4.78 is 6.36. The maximum atomic E-state index is 12.4. The Morgan fingerprint density at radius 2 is 2.03 bits per heavy atom. The van der Waals surface area contributed by atoms with E-state index in [4.69, 9.17) is 0 Å². The summed E-state index contributed by atoms with van der Waals surface area (Å²) in [6, 6.07) is 1.53. The van der Waals surface area contributed by atoms with E-state index < -0.39 is 5.97 Å².